The molecule has 0 atom stereocenters. The lowest BCUT2D eigenvalue weighted by Gasteiger charge is -2.29. The Kier molecular flexibility index (Phi) is 5.62. The lowest BCUT2D eigenvalue weighted by molar-refractivity contribution is 0.122. The summed E-state index contributed by atoms with van der Waals surface area (Å²) in [6, 6.07) is 5.87. The van der Waals surface area contributed by atoms with E-state index in [0.29, 0.717) is 10.7 Å². The SMILES string of the molecule is O=C(Nc1cc(N2CCOCC2)ccc1Cl)NC1CCCCC1. The van der Waals surface area contributed by atoms with Crippen LogP contribution in [0, 0.1) is 0 Å². The van der Waals surface area contributed by atoms with E-state index in [-0.39, 0.29) is 12.1 Å². The van der Waals surface area contributed by atoms with Crippen LogP contribution in [-0.4, -0.2) is 38.4 Å². The van der Waals surface area contributed by atoms with E-state index < -0.39 is 0 Å². The molecule has 1 aliphatic carbocycles. The van der Waals surface area contributed by atoms with Gasteiger partial charge in [-0.1, -0.05) is 30.9 Å². The zero-order chi connectivity index (χ0) is 16.1. The van der Waals surface area contributed by atoms with Crippen LogP contribution in [0.3, 0.4) is 0 Å². The van der Waals surface area contributed by atoms with Crippen LogP contribution in [0.25, 0.3) is 0 Å². The summed E-state index contributed by atoms with van der Waals surface area (Å²) in [7, 11) is 0. The summed E-state index contributed by atoms with van der Waals surface area (Å²) >= 11 is 6.24. The minimum absolute atomic E-state index is 0.169. The van der Waals surface area contributed by atoms with E-state index in [9.17, 15) is 4.79 Å². The largest absolute Gasteiger partial charge is 0.378 e. The number of hydrogen-bond acceptors (Lipinski definition) is 3. The number of amides is 2. The number of carbonyl (C=O) groups excluding carboxylic acids is 1. The van der Waals surface area contributed by atoms with Crippen molar-refractivity contribution in [3.8, 4) is 0 Å². The van der Waals surface area contributed by atoms with Gasteiger partial charge in [-0.3, -0.25) is 0 Å². The van der Waals surface area contributed by atoms with E-state index in [4.69, 9.17) is 16.3 Å². The molecule has 1 aromatic rings. The molecule has 126 valence electrons. The predicted molar refractivity (Wildman–Crippen MR) is 93.5 cm³/mol. The van der Waals surface area contributed by atoms with Crippen molar-refractivity contribution in [2.24, 2.45) is 0 Å². The second-order valence-corrected chi connectivity index (χ2v) is 6.60. The first-order valence-corrected chi connectivity index (χ1v) is 8.80. The maximum absolute atomic E-state index is 12.2. The lowest BCUT2D eigenvalue weighted by Crippen LogP contribution is -2.39. The molecule has 23 heavy (non-hydrogen) atoms. The molecule has 1 aliphatic heterocycles. The van der Waals surface area contributed by atoms with E-state index in [1.807, 2.05) is 18.2 Å². The number of morpholine rings is 1. The van der Waals surface area contributed by atoms with E-state index in [2.05, 4.69) is 15.5 Å². The van der Waals surface area contributed by atoms with Crippen molar-refractivity contribution < 1.29 is 9.53 Å². The lowest BCUT2D eigenvalue weighted by atomic mass is 9.96. The van der Waals surface area contributed by atoms with Crippen molar-refractivity contribution in [2.75, 3.05) is 36.5 Å². The summed E-state index contributed by atoms with van der Waals surface area (Å²) in [6.07, 6.45) is 5.79. The summed E-state index contributed by atoms with van der Waals surface area (Å²) < 4.78 is 5.38. The number of ether oxygens (including phenoxy) is 1. The minimum atomic E-state index is -0.169. The molecule has 0 spiro atoms. The Morgan fingerprint density at radius 3 is 2.65 bits per heavy atom. The van der Waals surface area contributed by atoms with E-state index in [1.165, 1.54) is 19.3 Å². The molecule has 1 heterocycles. The Balaban J connectivity index is 1.62. The van der Waals surface area contributed by atoms with Crippen LogP contribution in [0.2, 0.25) is 5.02 Å². The molecule has 0 unspecified atom stereocenters. The number of rotatable bonds is 3. The van der Waals surface area contributed by atoms with E-state index >= 15 is 0 Å². The first kappa shape index (κ1) is 16.4. The van der Waals surface area contributed by atoms with E-state index in [0.717, 1.165) is 44.8 Å². The molecule has 0 aromatic heterocycles. The zero-order valence-corrected chi connectivity index (χ0v) is 14.1. The van der Waals surface area contributed by atoms with Gasteiger partial charge >= 0.3 is 6.03 Å². The molecular weight excluding hydrogens is 314 g/mol. The van der Waals surface area contributed by atoms with Crippen LogP contribution in [0.4, 0.5) is 16.2 Å². The van der Waals surface area contributed by atoms with Gasteiger partial charge in [-0.2, -0.15) is 0 Å². The number of anilines is 2. The number of halogens is 1. The Morgan fingerprint density at radius 1 is 1.17 bits per heavy atom. The normalized spacial score (nSPS) is 19.4. The molecule has 2 N–H and O–H groups in total. The van der Waals surface area contributed by atoms with Gasteiger partial charge in [0.25, 0.3) is 0 Å². The molecule has 0 bridgehead atoms. The maximum atomic E-state index is 12.2. The van der Waals surface area contributed by atoms with Crippen molar-refractivity contribution in [1.82, 2.24) is 5.32 Å². The van der Waals surface area contributed by atoms with Gasteiger partial charge in [-0.15, -0.1) is 0 Å². The van der Waals surface area contributed by atoms with Gasteiger partial charge in [-0.05, 0) is 31.0 Å². The van der Waals surface area contributed by atoms with Crippen LogP contribution >= 0.6 is 11.6 Å². The van der Waals surface area contributed by atoms with Crippen LogP contribution in [0.15, 0.2) is 18.2 Å². The van der Waals surface area contributed by atoms with Crippen LogP contribution in [0.5, 0.6) is 0 Å². The van der Waals surface area contributed by atoms with Gasteiger partial charge in [0.1, 0.15) is 0 Å². The summed E-state index contributed by atoms with van der Waals surface area (Å²) in [6.45, 7) is 3.17. The maximum Gasteiger partial charge on any atom is 0.319 e. The molecular formula is C17H24ClN3O2. The number of nitrogens with zero attached hydrogens (tertiary/aromatic N) is 1. The minimum Gasteiger partial charge on any atom is -0.378 e. The topological polar surface area (TPSA) is 53.6 Å². The second-order valence-electron chi connectivity index (χ2n) is 6.20. The van der Waals surface area contributed by atoms with Crippen LogP contribution in [0.1, 0.15) is 32.1 Å². The zero-order valence-electron chi connectivity index (χ0n) is 13.3. The second kappa shape index (κ2) is 7.88. The molecule has 6 heteroatoms. The Morgan fingerprint density at radius 2 is 1.91 bits per heavy atom. The smallest absolute Gasteiger partial charge is 0.319 e. The fourth-order valence-electron chi connectivity index (χ4n) is 3.22. The fraction of sp³-hybridized carbons (Fsp3) is 0.588. The molecule has 3 rings (SSSR count). The Bertz CT molecular complexity index is 541. The van der Waals surface area contributed by atoms with Gasteiger partial charge in [0.2, 0.25) is 0 Å². The Hall–Kier alpha value is -1.46. The monoisotopic (exact) mass is 337 g/mol. The van der Waals surface area contributed by atoms with Crippen molar-refractivity contribution in [3.05, 3.63) is 23.2 Å². The third-order valence-corrected chi connectivity index (χ3v) is 4.84. The molecule has 1 aromatic carbocycles. The quantitative estimate of drug-likeness (QED) is 0.885. The third kappa shape index (κ3) is 4.52. The van der Waals surface area contributed by atoms with Crippen molar-refractivity contribution >= 4 is 29.0 Å². The summed E-state index contributed by atoms with van der Waals surface area (Å²) in [5.41, 5.74) is 1.72. The van der Waals surface area contributed by atoms with E-state index in [1.54, 1.807) is 0 Å². The van der Waals surface area contributed by atoms with Gasteiger partial charge in [0.05, 0.1) is 23.9 Å². The molecule has 5 nitrogen and oxygen atoms in total. The molecule has 1 saturated carbocycles. The highest BCUT2D eigenvalue weighted by Crippen LogP contribution is 2.28. The highest BCUT2D eigenvalue weighted by Gasteiger charge is 2.17. The molecule has 2 amide bonds. The molecule has 2 fully saturated rings. The number of nitrogens with one attached hydrogen (secondary N) is 2. The average molecular weight is 338 g/mol. The molecule has 0 radical (unpaired) electrons. The fourth-order valence-corrected chi connectivity index (χ4v) is 3.38. The van der Waals surface area contributed by atoms with Crippen molar-refractivity contribution in [3.63, 3.8) is 0 Å². The van der Waals surface area contributed by atoms with Crippen molar-refractivity contribution in [1.29, 1.82) is 0 Å². The summed E-state index contributed by atoms with van der Waals surface area (Å²) in [4.78, 5) is 14.4. The van der Waals surface area contributed by atoms with Gasteiger partial charge in [0.15, 0.2) is 0 Å². The average Bonchev–Trinajstić information content (AvgIpc) is 2.58. The first-order chi connectivity index (χ1) is 11.2. The summed E-state index contributed by atoms with van der Waals surface area (Å²) in [5.74, 6) is 0. The van der Waals surface area contributed by atoms with Gasteiger partial charge in [0, 0.05) is 24.8 Å². The van der Waals surface area contributed by atoms with Crippen molar-refractivity contribution in [2.45, 2.75) is 38.1 Å². The number of carbonyl (C=O) groups is 1. The standard InChI is InChI=1S/C17H24ClN3O2/c18-15-7-6-14(21-8-10-23-11-9-21)12-16(15)20-17(22)19-13-4-2-1-3-5-13/h6-7,12-13H,1-5,8-11H2,(H2,19,20,22). The highest BCUT2D eigenvalue weighted by molar-refractivity contribution is 6.33. The van der Waals surface area contributed by atoms with Crippen LogP contribution in [-0.2, 0) is 4.74 Å². The van der Waals surface area contributed by atoms with Gasteiger partial charge in [-0.25, -0.2) is 4.79 Å². The Labute approximate surface area is 142 Å². The predicted octanol–water partition coefficient (Wildman–Crippen LogP) is 3.63. The number of urea groups is 1. The first-order valence-electron chi connectivity index (χ1n) is 8.42. The number of hydrogen-bond donors (Lipinski definition) is 2. The summed E-state index contributed by atoms with van der Waals surface area (Å²) in [5, 5.41) is 6.50. The molecule has 1 saturated heterocycles. The van der Waals surface area contributed by atoms with Crippen LogP contribution < -0.4 is 15.5 Å². The molecule has 2 aliphatic rings. The number of benzene rings is 1. The third-order valence-electron chi connectivity index (χ3n) is 4.51. The highest BCUT2D eigenvalue weighted by atomic mass is 35.5. The van der Waals surface area contributed by atoms with Gasteiger partial charge < -0.3 is 20.3 Å².